The van der Waals surface area contributed by atoms with E-state index in [2.05, 4.69) is 17.4 Å². The van der Waals surface area contributed by atoms with E-state index in [-0.39, 0.29) is 11.7 Å². The number of amides is 1. The molecule has 1 aromatic rings. The summed E-state index contributed by atoms with van der Waals surface area (Å²) < 4.78 is 0. The lowest BCUT2D eigenvalue weighted by Gasteiger charge is -2.32. The predicted molar refractivity (Wildman–Crippen MR) is 64.6 cm³/mol. The number of nitrogens with zero attached hydrogens (tertiary/aromatic N) is 2. The summed E-state index contributed by atoms with van der Waals surface area (Å²) in [4.78, 5) is 14.1. The fourth-order valence-corrected chi connectivity index (χ4v) is 1.79. The second-order valence-electron chi connectivity index (χ2n) is 4.25. The first-order valence-electron chi connectivity index (χ1n) is 5.69. The number of hydrogen-bond acceptors (Lipinski definition) is 4. The molecule has 0 atom stereocenters. The molecule has 1 heterocycles. The Bertz CT molecular complexity index is 400. The Balaban J connectivity index is 1.96. The molecule has 0 unspecified atom stereocenters. The van der Waals surface area contributed by atoms with Gasteiger partial charge in [0.2, 0.25) is 0 Å². The minimum absolute atomic E-state index is 0.0131. The SMILES string of the molecule is CN1CCN(NC(=O)c2ccccc2O)CC1. The lowest BCUT2D eigenvalue weighted by atomic mass is 10.2. The van der Waals surface area contributed by atoms with Crippen molar-refractivity contribution in [2.24, 2.45) is 0 Å². The second-order valence-corrected chi connectivity index (χ2v) is 4.25. The Morgan fingerprint density at radius 1 is 1.24 bits per heavy atom. The van der Waals surface area contributed by atoms with Crippen molar-refractivity contribution >= 4 is 5.91 Å². The Morgan fingerprint density at radius 2 is 1.88 bits per heavy atom. The van der Waals surface area contributed by atoms with Crippen LogP contribution in [0.4, 0.5) is 0 Å². The maximum Gasteiger partial charge on any atom is 0.269 e. The van der Waals surface area contributed by atoms with Gasteiger partial charge in [0.15, 0.2) is 0 Å². The van der Waals surface area contributed by atoms with E-state index in [9.17, 15) is 9.90 Å². The number of rotatable bonds is 2. The first-order chi connectivity index (χ1) is 8.16. The summed E-state index contributed by atoms with van der Waals surface area (Å²) in [6, 6.07) is 6.56. The summed E-state index contributed by atoms with van der Waals surface area (Å²) in [6.45, 7) is 3.47. The molecule has 1 aliphatic heterocycles. The van der Waals surface area contributed by atoms with Crippen molar-refractivity contribution in [3.05, 3.63) is 29.8 Å². The van der Waals surface area contributed by atoms with Crippen LogP contribution >= 0.6 is 0 Å². The zero-order valence-electron chi connectivity index (χ0n) is 9.89. The van der Waals surface area contributed by atoms with Gasteiger partial charge in [0, 0.05) is 26.2 Å². The summed E-state index contributed by atoms with van der Waals surface area (Å²) in [6.07, 6.45) is 0. The largest absolute Gasteiger partial charge is 0.507 e. The third-order valence-corrected chi connectivity index (χ3v) is 2.91. The van der Waals surface area contributed by atoms with Gasteiger partial charge in [-0.2, -0.15) is 0 Å². The Kier molecular flexibility index (Phi) is 3.61. The predicted octanol–water partition coefficient (Wildman–Crippen LogP) is 0.284. The third kappa shape index (κ3) is 2.95. The van der Waals surface area contributed by atoms with Crippen LogP contribution in [0.15, 0.2) is 24.3 Å². The number of carbonyl (C=O) groups is 1. The van der Waals surface area contributed by atoms with Gasteiger partial charge in [-0.15, -0.1) is 0 Å². The molecular weight excluding hydrogens is 218 g/mol. The molecule has 1 saturated heterocycles. The molecule has 0 radical (unpaired) electrons. The lowest BCUT2D eigenvalue weighted by molar-refractivity contribution is 0.0660. The molecule has 17 heavy (non-hydrogen) atoms. The van der Waals surface area contributed by atoms with Crippen LogP contribution in [0.2, 0.25) is 0 Å². The fraction of sp³-hybridized carbons (Fsp3) is 0.417. The zero-order valence-corrected chi connectivity index (χ0v) is 9.89. The van der Waals surface area contributed by atoms with Crippen LogP contribution < -0.4 is 5.43 Å². The van der Waals surface area contributed by atoms with E-state index in [1.165, 1.54) is 6.07 Å². The van der Waals surface area contributed by atoms with Crippen LogP contribution in [-0.2, 0) is 0 Å². The van der Waals surface area contributed by atoms with Crippen molar-refractivity contribution in [2.45, 2.75) is 0 Å². The molecule has 5 heteroatoms. The molecule has 92 valence electrons. The molecule has 1 aliphatic rings. The van der Waals surface area contributed by atoms with Crippen molar-refractivity contribution < 1.29 is 9.90 Å². The Labute approximate surface area is 101 Å². The highest BCUT2D eigenvalue weighted by Gasteiger charge is 2.17. The summed E-state index contributed by atoms with van der Waals surface area (Å²) in [5.74, 6) is -0.244. The molecule has 1 aromatic carbocycles. The molecule has 0 aliphatic carbocycles. The number of hydrogen-bond donors (Lipinski definition) is 2. The zero-order chi connectivity index (χ0) is 12.3. The van der Waals surface area contributed by atoms with Gasteiger partial charge in [-0.25, -0.2) is 5.01 Å². The smallest absolute Gasteiger partial charge is 0.269 e. The van der Waals surface area contributed by atoms with Gasteiger partial charge >= 0.3 is 0 Å². The number of phenols is 1. The number of nitrogens with one attached hydrogen (secondary N) is 1. The molecule has 1 amide bonds. The molecular formula is C12H17N3O2. The summed E-state index contributed by atoms with van der Waals surface area (Å²) >= 11 is 0. The highest BCUT2D eigenvalue weighted by atomic mass is 16.3. The van der Waals surface area contributed by atoms with E-state index >= 15 is 0 Å². The third-order valence-electron chi connectivity index (χ3n) is 2.91. The average molecular weight is 235 g/mol. The van der Waals surface area contributed by atoms with E-state index in [4.69, 9.17) is 0 Å². The minimum atomic E-state index is -0.257. The Morgan fingerprint density at radius 3 is 2.53 bits per heavy atom. The molecule has 1 fully saturated rings. The maximum absolute atomic E-state index is 11.9. The van der Waals surface area contributed by atoms with Crippen LogP contribution in [0.5, 0.6) is 5.75 Å². The quantitative estimate of drug-likeness (QED) is 0.773. The molecule has 0 saturated carbocycles. The number of aromatic hydroxyl groups is 1. The summed E-state index contributed by atoms with van der Waals surface area (Å²) in [5, 5.41) is 11.4. The number of carbonyl (C=O) groups excluding carboxylic acids is 1. The number of likely N-dealkylation sites (N-methyl/N-ethyl adjacent to an activating group) is 1. The van der Waals surface area contributed by atoms with Crippen molar-refractivity contribution in [2.75, 3.05) is 33.2 Å². The van der Waals surface area contributed by atoms with E-state index < -0.39 is 0 Å². The number of phenolic OH excluding ortho intramolecular Hbond substituents is 1. The highest BCUT2D eigenvalue weighted by Crippen LogP contribution is 2.15. The molecule has 2 N–H and O–H groups in total. The standard InChI is InChI=1S/C12H17N3O2/c1-14-6-8-15(9-7-14)13-12(17)10-4-2-3-5-11(10)16/h2-5,16H,6-9H2,1H3,(H,13,17). The van der Waals surface area contributed by atoms with Crippen molar-refractivity contribution in [3.63, 3.8) is 0 Å². The monoisotopic (exact) mass is 235 g/mol. The summed E-state index contributed by atoms with van der Waals surface area (Å²) in [7, 11) is 2.06. The molecule has 0 aromatic heterocycles. The Hall–Kier alpha value is -1.59. The van der Waals surface area contributed by atoms with E-state index in [0.29, 0.717) is 5.56 Å². The number of para-hydroxylation sites is 1. The number of benzene rings is 1. The van der Waals surface area contributed by atoms with Crippen molar-refractivity contribution in [1.29, 1.82) is 0 Å². The van der Waals surface area contributed by atoms with Crippen molar-refractivity contribution in [3.8, 4) is 5.75 Å². The van der Waals surface area contributed by atoms with Gasteiger partial charge in [-0.05, 0) is 19.2 Å². The molecule has 2 rings (SSSR count). The van der Waals surface area contributed by atoms with E-state index in [1.54, 1.807) is 18.2 Å². The van der Waals surface area contributed by atoms with Crippen LogP contribution in [0.1, 0.15) is 10.4 Å². The second kappa shape index (κ2) is 5.16. The first-order valence-corrected chi connectivity index (χ1v) is 5.69. The maximum atomic E-state index is 11.9. The highest BCUT2D eigenvalue weighted by molar-refractivity contribution is 5.96. The molecule has 0 bridgehead atoms. The number of hydrazine groups is 1. The van der Waals surface area contributed by atoms with E-state index in [1.807, 2.05) is 5.01 Å². The van der Waals surface area contributed by atoms with E-state index in [0.717, 1.165) is 26.2 Å². The first kappa shape index (κ1) is 11.9. The van der Waals surface area contributed by atoms with Crippen LogP contribution in [-0.4, -0.2) is 54.1 Å². The van der Waals surface area contributed by atoms with Gasteiger partial charge in [-0.1, -0.05) is 12.1 Å². The van der Waals surface area contributed by atoms with Gasteiger partial charge in [-0.3, -0.25) is 10.2 Å². The summed E-state index contributed by atoms with van der Waals surface area (Å²) in [5.41, 5.74) is 3.12. The van der Waals surface area contributed by atoms with Crippen LogP contribution in [0.3, 0.4) is 0 Å². The average Bonchev–Trinajstić information content (AvgIpc) is 2.32. The van der Waals surface area contributed by atoms with Gasteiger partial charge in [0.25, 0.3) is 5.91 Å². The van der Waals surface area contributed by atoms with Crippen molar-refractivity contribution in [1.82, 2.24) is 15.3 Å². The minimum Gasteiger partial charge on any atom is -0.507 e. The van der Waals surface area contributed by atoms with Gasteiger partial charge in [0.05, 0.1) is 5.56 Å². The van der Waals surface area contributed by atoms with Crippen LogP contribution in [0.25, 0.3) is 0 Å². The topological polar surface area (TPSA) is 55.8 Å². The van der Waals surface area contributed by atoms with Crippen LogP contribution in [0, 0.1) is 0 Å². The van der Waals surface area contributed by atoms with Gasteiger partial charge in [0.1, 0.15) is 5.75 Å². The fourth-order valence-electron chi connectivity index (χ4n) is 1.79. The van der Waals surface area contributed by atoms with Gasteiger partial charge < -0.3 is 10.0 Å². The molecule has 0 spiro atoms. The number of piperazine rings is 1. The lowest BCUT2D eigenvalue weighted by Crippen LogP contribution is -2.52. The molecule has 5 nitrogen and oxygen atoms in total. The normalized spacial score (nSPS) is 17.9.